The van der Waals surface area contributed by atoms with E-state index in [0.29, 0.717) is 5.75 Å². The number of methoxy groups -OCH3 is 2. The molecule has 1 aromatic heterocycles. The lowest BCUT2D eigenvalue weighted by Gasteiger charge is -2.40. The van der Waals surface area contributed by atoms with Gasteiger partial charge in [0.25, 0.3) is 0 Å². The van der Waals surface area contributed by atoms with Crippen molar-refractivity contribution in [2.24, 2.45) is 0 Å². The fourth-order valence-electron chi connectivity index (χ4n) is 4.14. The lowest BCUT2D eigenvalue weighted by molar-refractivity contribution is 0.186. The van der Waals surface area contributed by atoms with Crippen LogP contribution in [0.5, 0.6) is 11.5 Å². The number of nitrogens with zero attached hydrogens (tertiary/aromatic N) is 3. The van der Waals surface area contributed by atoms with Gasteiger partial charge in [-0.25, -0.2) is 13.1 Å². The van der Waals surface area contributed by atoms with Crippen LogP contribution in [0.2, 0.25) is 0 Å². The molecule has 1 aliphatic heterocycles. The number of aromatic nitrogens is 1. The van der Waals surface area contributed by atoms with Crippen LogP contribution in [0.25, 0.3) is 0 Å². The second-order valence-electron chi connectivity index (χ2n) is 8.05. The summed E-state index contributed by atoms with van der Waals surface area (Å²) in [5.74, 6) is 1.45. The minimum atomic E-state index is -3.66. The van der Waals surface area contributed by atoms with Gasteiger partial charge < -0.3 is 14.4 Å². The number of pyridine rings is 1. The summed E-state index contributed by atoms with van der Waals surface area (Å²) in [6.45, 7) is 3.54. The van der Waals surface area contributed by atoms with Gasteiger partial charge in [-0.2, -0.15) is 0 Å². The van der Waals surface area contributed by atoms with E-state index in [0.717, 1.165) is 43.2 Å². The number of hydrogen-bond donors (Lipinski definition) is 1. The fraction of sp³-hybridized carbons (Fsp3) is 0.320. The van der Waals surface area contributed by atoms with Crippen LogP contribution in [-0.2, 0) is 10.0 Å². The van der Waals surface area contributed by atoms with Crippen molar-refractivity contribution in [2.45, 2.75) is 10.9 Å². The summed E-state index contributed by atoms with van der Waals surface area (Å²) in [6, 6.07) is 18.2. The molecule has 1 saturated heterocycles. The molecule has 0 radical (unpaired) electrons. The standard InChI is InChI=1S/C25H30N4O4S/c1-32-22-7-5-21(6-8-22)28-14-16-29(17-15-28)25(20-4-3-13-26-18-20)19-27-34(30,31)24-11-9-23(33-2)10-12-24/h3-13,18,25,27H,14-17,19H2,1-2H3. The van der Waals surface area contributed by atoms with Crippen LogP contribution < -0.4 is 19.1 Å². The largest absolute Gasteiger partial charge is 0.497 e. The first-order chi connectivity index (χ1) is 16.5. The van der Waals surface area contributed by atoms with Crippen LogP contribution in [0, 0.1) is 0 Å². The molecule has 4 rings (SSSR count). The smallest absolute Gasteiger partial charge is 0.240 e. The maximum absolute atomic E-state index is 12.9. The van der Waals surface area contributed by atoms with E-state index < -0.39 is 10.0 Å². The number of benzene rings is 2. The second kappa shape index (κ2) is 10.9. The van der Waals surface area contributed by atoms with E-state index >= 15 is 0 Å². The Hall–Kier alpha value is -3.14. The van der Waals surface area contributed by atoms with Crippen molar-refractivity contribution < 1.29 is 17.9 Å². The zero-order valence-corrected chi connectivity index (χ0v) is 20.2. The Balaban J connectivity index is 1.45. The van der Waals surface area contributed by atoms with E-state index in [9.17, 15) is 8.42 Å². The molecule has 2 heterocycles. The maximum atomic E-state index is 12.9. The van der Waals surface area contributed by atoms with Crippen LogP contribution in [-0.4, -0.2) is 65.2 Å². The van der Waals surface area contributed by atoms with Gasteiger partial charge in [0.1, 0.15) is 11.5 Å². The van der Waals surface area contributed by atoms with E-state index in [1.54, 1.807) is 44.7 Å². The number of hydrogen-bond acceptors (Lipinski definition) is 7. The van der Waals surface area contributed by atoms with Crippen molar-refractivity contribution in [1.29, 1.82) is 0 Å². The summed E-state index contributed by atoms with van der Waals surface area (Å²) < 4.78 is 39.1. The molecule has 0 saturated carbocycles. The molecule has 34 heavy (non-hydrogen) atoms. The van der Waals surface area contributed by atoms with E-state index in [2.05, 4.69) is 31.6 Å². The minimum Gasteiger partial charge on any atom is -0.497 e. The third-order valence-electron chi connectivity index (χ3n) is 6.10. The van der Waals surface area contributed by atoms with Crippen molar-refractivity contribution in [1.82, 2.24) is 14.6 Å². The summed E-state index contributed by atoms with van der Waals surface area (Å²) in [6.07, 6.45) is 3.53. The predicted octanol–water partition coefficient (Wildman–Crippen LogP) is 2.94. The molecule has 1 aliphatic rings. The molecule has 0 amide bonds. The number of sulfonamides is 1. The second-order valence-corrected chi connectivity index (χ2v) is 9.82. The quantitative estimate of drug-likeness (QED) is 0.502. The van der Waals surface area contributed by atoms with Crippen LogP contribution in [0.3, 0.4) is 0 Å². The van der Waals surface area contributed by atoms with Gasteiger partial charge in [-0.05, 0) is 60.2 Å². The van der Waals surface area contributed by atoms with Gasteiger partial charge in [0, 0.05) is 50.8 Å². The van der Waals surface area contributed by atoms with Gasteiger partial charge in [0.15, 0.2) is 0 Å². The Morgan fingerprint density at radius 3 is 2.09 bits per heavy atom. The molecule has 2 aromatic carbocycles. The maximum Gasteiger partial charge on any atom is 0.240 e. The number of rotatable bonds is 9. The highest BCUT2D eigenvalue weighted by Gasteiger charge is 2.27. The molecular formula is C25H30N4O4S. The van der Waals surface area contributed by atoms with E-state index in [-0.39, 0.29) is 17.5 Å². The van der Waals surface area contributed by atoms with Crippen LogP contribution in [0.4, 0.5) is 5.69 Å². The van der Waals surface area contributed by atoms with Crippen molar-refractivity contribution in [3.8, 4) is 11.5 Å². The van der Waals surface area contributed by atoms with Gasteiger partial charge >= 0.3 is 0 Å². The molecule has 1 fully saturated rings. The Kier molecular flexibility index (Phi) is 7.66. The average Bonchev–Trinajstić information content (AvgIpc) is 2.90. The monoisotopic (exact) mass is 482 g/mol. The Labute approximate surface area is 201 Å². The summed E-state index contributed by atoms with van der Waals surface area (Å²) in [4.78, 5) is 9.12. The molecule has 8 nitrogen and oxygen atoms in total. The van der Waals surface area contributed by atoms with E-state index in [1.165, 1.54) is 0 Å². The summed E-state index contributed by atoms with van der Waals surface area (Å²) >= 11 is 0. The van der Waals surface area contributed by atoms with Crippen molar-refractivity contribution in [2.75, 3.05) is 51.8 Å². The predicted molar refractivity (Wildman–Crippen MR) is 132 cm³/mol. The van der Waals surface area contributed by atoms with E-state index in [1.807, 2.05) is 30.5 Å². The first kappa shape index (κ1) is 24.0. The fourth-order valence-corrected chi connectivity index (χ4v) is 5.18. The van der Waals surface area contributed by atoms with E-state index in [4.69, 9.17) is 9.47 Å². The lowest BCUT2D eigenvalue weighted by Crippen LogP contribution is -2.49. The highest BCUT2D eigenvalue weighted by atomic mass is 32.2. The van der Waals surface area contributed by atoms with Crippen molar-refractivity contribution in [3.05, 3.63) is 78.6 Å². The molecule has 0 spiro atoms. The Morgan fingerprint density at radius 1 is 0.912 bits per heavy atom. The summed E-state index contributed by atoms with van der Waals surface area (Å²) in [5.41, 5.74) is 2.14. The van der Waals surface area contributed by atoms with Gasteiger partial charge in [-0.3, -0.25) is 9.88 Å². The van der Waals surface area contributed by atoms with Gasteiger partial charge in [0.05, 0.1) is 25.2 Å². The van der Waals surface area contributed by atoms with Crippen molar-refractivity contribution in [3.63, 3.8) is 0 Å². The molecule has 0 bridgehead atoms. The van der Waals surface area contributed by atoms with Crippen molar-refractivity contribution >= 4 is 15.7 Å². The molecule has 0 aliphatic carbocycles. The molecule has 1 unspecified atom stereocenters. The lowest BCUT2D eigenvalue weighted by atomic mass is 10.1. The zero-order valence-electron chi connectivity index (χ0n) is 19.4. The normalized spacial score (nSPS) is 15.6. The third kappa shape index (κ3) is 5.67. The minimum absolute atomic E-state index is 0.125. The number of piperazine rings is 1. The van der Waals surface area contributed by atoms with Crippen LogP contribution in [0.1, 0.15) is 11.6 Å². The highest BCUT2D eigenvalue weighted by Crippen LogP contribution is 2.25. The molecule has 1 N–H and O–H groups in total. The van der Waals surface area contributed by atoms with Gasteiger partial charge in [-0.1, -0.05) is 6.07 Å². The first-order valence-electron chi connectivity index (χ1n) is 11.2. The molecular weight excluding hydrogens is 452 g/mol. The third-order valence-corrected chi connectivity index (χ3v) is 7.54. The number of ether oxygens (including phenoxy) is 2. The SMILES string of the molecule is COc1ccc(N2CCN(C(CNS(=O)(=O)c3ccc(OC)cc3)c3cccnc3)CC2)cc1. The zero-order chi connectivity index (χ0) is 24.0. The summed E-state index contributed by atoms with van der Waals surface area (Å²) in [5, 5.41) is 0. The Morgan fingerprint density at radius 2 is 1.53 bits per heavy atom. The molecule has 3 aromatic rings. The topological polar surface area (TPSA) is 84.0 Å². The number of nitrogens with one attached hydrogen (secondary N) is 1. The first-order valence-corrected chi connectivity index (χ1v) is 12.6. The van der Waals surface area contributed by atoms with Gasteiger partial charge in [-0.15, -0.1) is 0 Å². The summed E-state index contributed by atoms with van der Waals surface area (Å²) in [7, 11) is -0.450. The highest BCUT2D eigenvalue weighted by molar-refractivity contribution is 7.89. The molecule has 9 heteroatoms. The molecule has 1 atom stereocenters. The van der Waals surface area contributed by atoms with Crippen LogP contribution in [0.15, 0.2) is 78.0 Å². The van der Waals surface area contributed by atoms with Crippen LogP contribution >= 0.6 is 0 Å². The van der Waals surface area contributed by atoms with Gasteiger partial charge in [0.2, 0.25) is 10.0 Å². The number of anilines is 1. The Bertz CT molecular complexity index is 1150. The average molecular weight is 483 g/mol. The molecule has 180 valence electrons.